The number of nitrogens with two attached hydrogens (primary N) is 1. The smallest absolute Gasteiger partial charge is 0.221 e. The molecule has 0 spiro atoms. The number of aromatic nitrogens is 2. The van der Waals surface area contributed by atoms with E-state index in [9.17, 15) is 0 Å². The van der Waals surface area contributed by atoms with Crippen molar-refractivity contribution in [1.29, 1.82) is 0 Å². The molecule has 0 aromatic carbocycles. The topological polar surface area (TPSA) is 63.8 Å². The van der Waals surface area contributed by atoms with Crippen LogP contribution in [0.2, 0.25) is 0 Å². The van der Waals surface area contributed by atoms with Gasteiger partial charge in [0.15, 0.2) is 0 Å². The molecule has 0 saturated carbocycles. The number of anilines is 2. The van der Waals surface area contributed by atoms with Gasteiger partial charge in [-0.1, -0.05) is 64.7 Å². The first-order valence-electron chi connectivity index (χ1n) is 8.15. The molecule has 20 heavy (non-hydrogen) atoms. The molecule has 114 valence electrons. The first-order chi connectivity index (χ1) is 9.83. The van der Waals surface area contributed by atoms with Gasteiger partial charge in [0.05, 0.1) is 0 Å². The second-order valence-corrected chi connectivity index (χ2v) is 5.41. The van der Waals surface area contributed by atoms with Crippen LogP contribution in [0.25, 0.3) is 0 Å². The summed E-state index contributed by atoms with van der Waals surface area (Å²) >= 11 is 0. The monoisotopic (exact) mass is 278 g/mol. The van der Waals surface area contributed by atoms with Crippen molar-refractivity contribution in [2.24, 2.45) is 0 Å². The summed E-state index contributed by atoms with van der Waals surface area (Å²) < 4.78 is 0. The number of nitrogen functional groups attached to an aromatic ring is 1. The van der Waals surface area contributed by atoms with Gasteiger partial charge < -0.3 is 11.1 Å². The zero-order valence-corrected chi connectivity index (χ0v) is 12.9. The van der Waals surface area contributed by atoms with Crippen LogP contribution in [-0.4, -0.2) is 16.5 Å². The Morgan fingerprint density at radius 1 is 0.950 bits per heavy atom. The summed E-state index contributed by atoms with van der Waals surface area (Å²) in [4.78, 5) is 7.98. The Kier molecular flexibility index (Phi) is 9.62. The second-order valence-electron chi connectivity index (χ2n) is 5.41. The van der Waals surface area contributed by atoms with Gasteiger partial charge in [-0.2, -0.15) is 4.98 Å². The van der Waals surface area contributed by atoms with Crippen LogP contribution >= 0.6 is 0 Å². The molecule has 0 radical (unpaired) electrons. The van der Waals surface area contributed by atoms with Crippen LogP contribution in [0.5, 0.6) is 0 Å². The highest BCUT2D eigenvalue weighted by Crippen LogP contribution is 2.10. The predicted octanol–water partition coefficient (Wildman–Crippen LogP) is 4.39. The summed E-state index contributed by atoms with van der Waals surface area (Å²) in [5.74, 6) is 1.16. The Morgan fingerprint density at radius 2 is 1.55 bits per heavy atom. The van der Waals surface area contributed by atoms with E-state index in [1.165, 1.54) is 64.2 Å². The maximum absolute atomic E-state index is 5.53. The Labute approximate surface area is 123 Å². The Morgan fingerprint density at radius 3 is 2.15 bits per heavy atom. The van der Waals surface area contributed by atoms with Gasteiger partial charge in [-0.05, 0) is 12.5 Å². The number of unbranched alkanes of at least 4 members (excludes halogenated alkanes) is 9. The van der Waals surface area contributed by atoms with E-state index >= 15 is 0 Å². The van der Waals surface area contributed by atoms with E-state index < -0.39 is 0 Å². The van der Waals surface area contributed by atoms with Crippen LogP contribution in [0.1, 0.15) is 71.1 Å². The minimum absolute atomic E-state index is 0.332. The minimum atomic E-state index is 0.332. The Balaban J connectivity index is 1.85. The third-order valence-corrected chi connectivity index (χ3v) is 3.51. The minimum Gasteiger partial charge on any atom is -0.370 e. The molecule has 1 aromatic rings. The van der Waals surface area contributed by atoms with E-state index in [2.05, 4.69) is 22.2 Å². The van der Waals surface area contributed by atoms with Crippen molar-refractivity contribution in [3.8, 4) is 0 Å². The number of hydrogen-bond donors (Lipinski definition) is 2. The zero-order chi connectivity index (χ0) is 14.5. The molecule has 0 fully saturated rings. The molecular formula is C16H30N4. The lowest BCUT2D eigenvalue weighted by molar-refractivity contribution is 0.560. The van der Waals surface area contributed by atoms with Crippen LogP contribution in [0.15, 0.2) is 12.3 Å². The highest BCUT2D eigenvalue weighted by Gasteiger charge is 1.95. The summed E-state index contributed by atoms with van der Waals surface area (Å²) in [6.45, 7) is 3.23. The summed E-state index contributed by atoms with van der Waals surface area (Å²) in [7, 11) is 0. The van der Waals surface area contributed by atoms with Gasteiger partial charge >= 0.3 is 0 Å². The van der Waals surface area contributed by atoms with Crippen molar-refractivity contribution in [3.05, 3.63) is 12.3 Å². The normalized spacial score (nSPS) is 10.7. The van der Waals surface area contributed by atoms with Gasteiger partial charge in [0, 0.05) is 12.7 Å². The Bertz CT molecular complexity index is 341. The fourth-order valence-corrected chi connectivity index (χ4v) is 2.30. The molecular weight excluding hydrogens is 248 g/mol. The lowest BCUT2D eigenvalue weighted by Gasteiger charge is -2.05. The molecule has 0 amide bonds. The average Bonchev–Trinajstić information content (AvgIpc) is 2.45. The number of nitrogens with zero attached hydrogens (tertiary/aromatic N) is 2. The first kappa shape index (κ1) is 16.7. The number of rotatable bonds is 12. The standard InChI is InChI=1S/C16H30N4/c1-2-3-4-5-6-7-8-9-10-11-13-18-15-12-14-19-16(17)20-15/h12,14H,2-11,13H2,1H3,(H3,17,18,19,20). The molecule has 1 rings (SSSR count). The molecule has 0 aliphatic rings. The van der Waals surface area contributed by atoms with E-state index in [4.69, 9.17) is 5.73 Å². The molecule has 0 unspecified atom stereocenters. The van der Waals surface area contributed by atoms with Crippen LogP contribution in [0.3, 0.4) is 0 Å². The third-order valence-electron chi connectivity index (χ3n) is 3.51. The van der Waals surface area contributed by atoms with Gasteiger partial charge in [0.1, 0.15) is 5.82 Å². The fourth-order valence-electron chi connectivity index (χ4n) is 2.30. The fraction of sp³-hybridized carbons (Fsp3) is 0.750. The highest BCUT2D eigenvalue weighted by molar-refractivity contribution is 5.36. The van der Waals surface area contributed by atoms with Gasteiger partial charge in [-0.25, -0.2) is 4.98 Å². The van der Waals surface area contributed by atoms with Crippen molar-refractivity contribution in [2.45, 2.75) is 71.1 Å². The molecule has 1 aromatic heterocycles. The van der Waals surface area contributed by atoms with Gasteiger partial charge in [0.25, 0.3) is 0 Å². The third kappa shape index (κ3) is 8.73. The number of hydrogen-bond acceptors (Lipinski definition) is 4. The Hall–Kier alpha value is -1.32. The summed E-state index contributed by atoms with van der Waals surface area (Å²) in [6, 6.07) is 1.85. The molecule has 3 N–H and O–H groups in total. The van der Waals surface area contributed by atoms with E-state index in [1.54, 1.807) is 6.20 Å². The van der Waals surface area contributed by atoms with Crippen LogP contribution in [-0.2, 0) is 0 Å². The van der Waals surface area contributed by atoms with Crippen molar-refractivity contribution < 1.29 is 0 Å². The molecule has 4 nitrogen and oxygen atoms in total. The van der Waals surface area contributed by atoms with E-state index in [-0.39, 0.29) is 0 Å². The van der Waals surface area contributed by atoms with Crippen molar-refractivity contribution in [1.82, 2.24) is 9.97 Å². The van der Waals surface area contributed by atoms with Crippen molar-refractivity contribution in [3.63, 3.8) is 0 Å². The maximum atomic E-state index is 5.53. The SMILES string of the molecule is CCCCCCCCCCCCNc1ccnc(N)n1. The lowest BCUT2D eigenvalue weighted by Crippen LogP contribution is -2.05. The molecule has 0 atom stereocenters. The van der Waals surface area contributed by atoms with Gasteiger partial charge in [-0.15, -0.1) is 0 Å². The molecule has 0 aliphatic carbocycles. The van der Waals surface area contributed by atoms with Crippen LogP contribution < -0.4 is 11.1 Å². The molecule has 0 bridgehead atoms. The molecule has 4 heteroatoms. The second kappa shape index (κ2) is 11.5. The highest BCUT2D eigenvalue weighted by atomic mass is 15.1. The summed E-state index contributed by atoms with van der Waals surface area (Å²) in [6.07, 6.45) is 15.3. The number of nitrogens with one attached hydrogen (secondary N) is 1. The van der Waals surface area contributed by atoms with E-state index in [0.717, 1.165) is 12.4 Å². The molecule has 0 saturated heterocycles. The predicted molar refractivity (Wildman–Crippen MR) is 86.8 cm³/mol. The average molecular weight is 278 g/mol. The zero-order valence-electron chi connectivity index (χ0n) is 12.9. The molecule has 0 aliphatic heterocycles. The van der Waals surface area contributed by atoms with Gasteiger partial charge in [0.2, 0.25) is 5.95 Å². The first-order valence-corrected chi connectivity index (χ1v) is 8.15. The lowest BCUT2D eigenvalue weighted by atomic mass is 10.1. The quantitative estimate of drug-likeness (QED) is 0.556. The summed E-state index contributed by atoms with van der Waals surface area (Å²) in [5, 5.41) is 3.28. The van der Waals surface area contributed by atoms with Crippen LogP contribution in [0, 0.1) is 0 Å². The molecule has 1 heterocycles. The van der Waals surface area contributed by atoms with Crippen molar-refractivity contribution in [2.75, 3.05) is 17.6 Å². The van der Waals surface area contributed by atoms with E-state index in [0.29, 0.717) is 5.95 Å². The van der Waals surface area contributed by atoms with Crippen LogP contribution in [0.4, 0.5) is 11.8 Å². The van der Waals surface area contributed by atoms with E-state index in [1.807, 2.05) is 6.07 Å². The maximum Gasteiger partial charge on any atom is 0.221 e. The summed E-state index contributed by atoms with van der Waals surface area (Å²) in [5.41, 5.74) is 5.53. The largest absolute Gasteiger partial charge is 0.370 e. The van der Waals surface area contributed by atoms with Crippen molar-refractivity contribution >= 4 is 11.8 Å². The van der Waals surface area contributed by atoms with Gasteiger partial charge in [-0.3, -0.25) is 0 Å².